The second kappa shape index (κ2) is 4.57. The van der Waals surface area contributed by atoms with Crippen molar-refractivity contribution in [3.63, 3.8) is 0 Å². The zero-order valence-electron chi connectivity index (χ0n) is 11.7. The van der Waals surface area contributed by atoms with Gasteiger partial charge in [-0.15, -0.1) is 0 Å². The minimum Gasteiger partial charge on any atom is -0.313 e. The highest BCUT2D eigenvalue weighted by molar-refractivity contribution is 4.93. The zero-order chi connectivity index (χ0) is 11.9. The Morgan fingerprint density at radius 1 is 1.06 bits per heavy atom. The third-order valence-corrected chi connectivity index (χ3v) is 6.02. The van der Waals surface area contributed by atoms with Gasteiger partial charge in [0.15, 0.2) is 0 Å². The summed E-state index contributed by atoms with van der Waals surface area (Å²) in [7, 11) is 0. The molecule has 3 fully saturated rings. The topological polar surface area (TPSA) is 12.0 Å². The Balaban J connectivity index is 1.50. The summed E-state index contributed by atoms with van der Waals surface area (Å²) in [6.07, 6.45) is 11.9. The predicted octanol–water partition coefficient (Wildman–Crippen LogP) is 3.98. The molecule has 0 radical (unpaired) electrons. The average molecular weight is 235 g/mol. The third-order valence-electron chi connectivity index (χ3n) is 6.02. The lowest BCUT2D eigenvalue weighted by molar-refractivity contribution is 0.156. The Morgan fingerprint density at radius 3 is 2.59 bits per heavy atom. The number of hydrogen-bond donors (Lipinski definition) is 1. The van der Waals surface area contributed by atoms with E-state index in [1.807, 2.05) is 0 Å². The van der Waals surface area contributed by atoms with Crippen LogP contribution in [0.25, 0.3) is 0 Å². The summed E-state index contributed by atoms with van der Waals surface area (Å²) < 4.78 is 0. The van der Waals surface area contributed by atoms with Gasteiger partial charge in [-0.25, -0.2) is 0 Å². The summed E-state index contributed by atoms with van der Waals surface area (Å²) in [5.41, 5.74) is 0.538. The van der Waals surface area contributed by atoms with Crippen LogP contribution in [0.3, 0.4) is 0 Å². The van der Waals surface area contributed by atoms with Crippen LogP contribution in [0.2, 0.25) is 0 Å². The van der Waals surface area contributed by atoms with Crippen molar-refractivity contribution in [2.24, 2.45) is 23.2 Å². The zero-order valence-corrected chi connectivity index (χ0v) is 11.7. The second-order valence-corrected chi connectivity index (χ2v) is 7.63. The van der Waals surface area contributed by atoms with Gasteiger partial charge in [0.25, 0.3) is 0 Å². The molecule has 3 aliphatic carbocycles. The number of fused-ring (bicyclic) bond motifs is 2. The van der Waals surface area contributed by atoms with Gasteiger partial charge in [-0.2, -0.15) is 0 Å². The summed E-state index contributed by atoms with van der Waals surface area (Å²) in [6.45, 7) is 6.24. The van der Waals surface area contributed by atoms with Crippen molar-refractivity contribution in [1.82, 2.24) is 5.32 Å². The van der Waals surface area contributed by atoms with E-state index in [4.69, 9.17) is 0 Å². The first-order valence-corrected chi connectivity index (χ1v) is 7.88. The molecule has 0 aromatic carbocycles. The van der Waals surface area contributed by atoms with Gasteiger partial charge in [0, 0.05) is 6.04 Å². The molecule has 0 aromatic heterocycles. The van der Waals surface area contributed by atoms with Gasteiger partial charge in [0.05, 0.1) is 0 Å². The third kappa shape index (κ3) is 2.41. The van der Waals surface area contributed by atoms with Crippen LogP contribution < -0.4 is 5.32 Å². The smallest absolute Gasteiger partial charge is 0.0118 e. The van der Waals surface area contributed by atoms with Crippen molar-refractivity contribution in [3.05, 3.63) is 0 Å². The van der Waals surface area contributed by atoms with E-state index in [1.54, 1.807) is 6.42 Å². The number of hydrogen-bond acceptors (Lipinski definition) is 1. The van der Waals surface area contributed by atoms with E-state index in [0.29, 0.717) is 5.41 Å². The van der Waals surface area contributed by atoms with Crippen molar-refractivity contribution in [2.45, 2.75) is 71.3 Å². The van der Waals surface area contributed by atoms with Crippen molar-refractivity contribution in [3.8, 4) is 0 Å². The predicted molar refractivity (Wildman–Crippen MR) is 73.0 cm³/mol. The SMILES string of the molecule is CC1(C)CCCCC1NCC1CC2CCC1C2. The quantitative estimate of drug-likeness (QED) is 0.780. The van der Waals surface area contributed by atoms with Crippen LogP contribution in [0.1, 0.15) is 65.2 Å². The maximum absolute atomic E-state index is 3.94. The molecule has 0 spiro atoms. The van der Waals surface area contributed by atoms with Gasteiger partial charge < -0.3 is 5.32 Å². The summed E-state index contributed by atoms with van der Waals surface area (Å²) >= 11 is 0. The molecule has 0 aliphatic heterocycles. The second-order valence-electron chi connectivity index (χ2n) is 7.63. The highest BCUT2D eigenvalue weighted by Gasteiger charge is 2.40. The number of rotatable bonds is 3. The minimum absolute atomic E-state index is 0.538. The van der Waals surface area contributed by atoms with Crippen LogP contribution in [0.5, 0.6) is 0 Å². The molecule has 1 N–H and O–H groups in total. The van der Waals surface area contributed by atoms with E-state index < -0.39 is 0 Å². The monoisotopic (exact) mass is 235 g/mol. The molecule has 0 saturated heterocycles. The Labute approximate surface area is 107 Å². The van der Waals surface area contributed by atoms with Gasteiger partial charge in [0.1, 0.15) is 0 Å². The highest BCUT2D eigenvalue weighted by Crippen LogP contribution is 2.48. The molecular formula is C16H29N. The number of nitrogens with one attached hydrogen (secondary N) is 1. The fourth-order valence-electron chi connectivity index (χ4n) is 4.79. The molecular weight excluding hydrogens is 206 g/mol. The van der Waals surface area contributed by atoms with Crippen molar-refractivity contribution < 1.29 is 0 Å². The molecule has 1 nitrogen and oxygen atoms in total. The molecule has 2 bridgehead atoms. The average Bonchev–Trinajstić information content (AvgIpc) is 2.88. The van der Waals surface area contributed by atoms with E-state index in [0.717, 1.165) is 23.8 Å². The Hall–Kier alpha value is -0.0400. The maximum Gasteiger partial charge on any atom is 0.0118 e. The lowest BCUT2D eigenvalue weighted by Gasteiger charge is -2.40. The van der Waals surface area contributed by atoms with Crippen LogP contribution in [0, 0.1) is 23.2 Å². The van der Waals surface area contributed by atoms with Crippen LogP contribution in [-0.4, -0.2) is 12.6 Å². The molecule has 0 heterocycles. The van der Waals surface area contributed by atoms with E-state index in [9.17, 15) is 0 Å². The summed E-state index contributed by atoms with van der Waals surface area (Å²) in [6, 6.07) is 0.787. The van der Waals surface area contributed by atoms with Crippen LogP contribution >= 0.6 is 0 Å². The first-order valence-electron chi connectivity index (χ1n) is 7.88. The van der Waals surface area contributed by atoms with Crippen LogP contribution in [0.15, 0.2) is 0 Å². The summed E-state index contributed by atoms with van der Waals surface area (Å²) in [5, 5.41) is 3.94. The first kappa shape index (κ1) is 12.0. The molecule has 17 heavy (non-hydrogen) atoms. The summed E-state index contributed by atoms with van der Waals surface area (Å²) in [5.74, 6) is 3.21. The Kier molecular flexibility index (Phi) is 3.23. The Bertz CT molecular complexity index is 271. The van der Waals surface area contributed by atoms with Gasteiger partial charge in [-0.1, -0.05) is 33.1 Å². The molecule has 0 amide bonds. The van der Waals surface area contributed by atoms with Gasteiger partial charge in [-0.3, -0.25) is 0 Å². The largest absolute Gasteiger partial charge is 0.313 e. The van der Waals surface area contributed by atoms with Gasteiger partial charge in [-0.05, 0) is 61.8 Å². The lowest BCUT2D eigenvalue weighted by Crippen LogP contribution is -2.46. The van der Waals surface area contributed by atoms with Crippen molar-refractivity contribution >= 4 is 0 Å². The van der Waals surface area contributed by atoms with Gasteiger partial charge in [0.2, 0.25) is 0 Å². The van der Waals surface area contributed by atoms with E-state index >= 15 is 0 Å². The first-order chi connectivity index (χ1) is 8.15. The fourth-order valence-corrected chi connectivity index (χ4v) is 4.79. The molecule has 98 valence electrons. The summed E-state index contributed by atoms with van der Waals surface area (Å²) in [4.78, 5) is 0. The molecule has 3 saturated carbocycles. The molecule has 4 atom stereocenters. The van der Waals surface area contributed by atoms with E-state index in [-0.39, 0.29) is 0 Å². The molecule has 3 aliphatic rings. The minimum atomic E-state index is 0.538. The van der Waals surface area contributed by atoms with Crippen molar-refractivity contribution in [1.29, 1.82) is 0 Å². The molecule has 3 rings (SSSR count). The van der Waals surface area contributed by atoms with Gasteiger partial charge >= 0.3 is 0 Å². The standard InChI is InChI=1S/C16H29N/c1-16(2)8-4-3-5-15(16)17-11-14-10-12-6-7-13(14)9-12/h12-15,17H,3-11H2,1-2H3. The van der Waals surface area contributed by atoms with E-state index in [2.05, 4.69) is 19.2 Å². The van der Waals surface area contributed by atoms with E-state index in [1.165, 1.54) is 51.5 Å². The normalized spacial score (nSPS) is 44.1. The lowest BCUT2D eigenvalue weighted by atomic mass is 9.73. The molecule has 0 aromatic rings. The molecule has 4 unspecified atom stereocenters. The molecule has 1 heteroatoms. The fraction of sp³-hybridized carbons (Fsp3) is 1.00. The maximum atomic E-state index is 3.94. The van der Waals surface area contributed by atoms with Crippen LogP contribution in [-0.2, 0) is 0 Å². The van der Waals surface area contributed by atoms with Crippen LogP contribution in [0.4, 0.5) is 0 Å². The Morgan fingerprint density at radius 2 is 1.94 bits per heavy atom. The van der Waals surface area contributed by atoms with Crippen molar-refractivity contribution in [2.75, 3.05) is 6.54 Å². The highest BCUT2D eigenvalue weighted by atomic mass is 14.9.